The second kappa shape index (κ2) is 8.65. The highest BCUT2D eigenvalue weighted by Crippen LogP contribution is 2.46. The normalized spacial score (nSPS) is 14.5. The van der Waals surface area contributed by atoms with Gasteiger partial charge in [0.2, 0.25) is 5.75 Å². The van der Waals surface area contributed by atoms with Crippen LogP contribution in [-0.2, 0) is 11.2 Å². The first kappa shape index (κ1) is 20.9. The van der Waals surface area contributed by atoms with Crippen LogP contribution in [0.5, 0.6) is 23.0 Å². The lowest BCUT2D eigenvalue weighted by molar-refractivity contribution is 0.125. The van der Waals surface area contributed by atoms with E-state index in [2.05, 4.69) is 15.9 Å². The van der Waals surface area contributed by atoms with Crippen LogP contribution in [0.4, 0.5) is 4.79 Å². The van der Waals surface area contributed by atoms with Gasteiger partial charge in [-0.2, -0.15) is 0 Å². The standard InChI is InChI=1S/C21H22BrNO6/c1-4-29-21(26)23-8-7-14-15(11-18(27-2)20(28-3)19(14)25)17(23)10-12-9-13(24)5-6-16(12)22/h5-6,9-11,24-25H,4,7-8H2,1-3H3/b17-10-. The number of phenolic OH excluding ortho intramolecular Hbond substituents is 2. The van der Waals surface area contributed by atoms with Crippen molar-refractivity contribution in [1.29, 1.82) is 0 Å². The Hall–Kier alpha value is -2.87. The molecule has 1 heterocycles. The van der Waals surface area contributed by atoms with Gasteiger partial charge >= 0.3 is 6.09 Å². The average molecular weight is 464 g/mol. The molecular formula is C21H22BrNO6. The predicted molar refractivity (Wildman–Crippen MR) is 112 cm³/mol. The lowest BCUT2D eigenvalue weighted by Crippen LogP contribution is -2.35. The maximum absolute atomic E-state index is 12.6. The Labute approximate surface area is 177 Å². The summed E-state index contributed by atoms with van der Waals surface area (Å²) in [5.41, 5.74) is 2.45. The molecule has 0 aromatic heterocycles. The van der Waals surface area contributed by atoms with Gasteiger partial charge in [-0.25, -0.2) is 4.79 Å². The zero-order valence-corrected chi connectivity index (χ0v) is 17.9. The second-order valence-corrected chi connectivity index (χ2v) is 7.18. The van der Waals surface area contributed by atoms with Gasteiger partial charge < -0.3 is 24.4 Å². The molecule has 0 saturated carbocycles. The number of carbonyl (C=O) groups excluding carboxylic acids is 1. The van der Waals surface area contributed by atoms with Crippen molar-refractivity contribution < 1.29 is 29.2 Å². The third-order valence-corrected chi connectivity index (χ3v) is 5.38. The molecule has 3 rings (SSSR count). The highest BCUT2D eigenvalue weighted by molar-refractivity contribution is 9.10. The molecule has 29 heavy (non-hydrogen) atoms. The van der Waals surface area contributed by atoms with E-state index < -0.39 is 6.09 Å². The van der Waals surface area contributed by atoms with Gasteiger partial charge in [-0.3, -0.25) is 4.90 Å². The predicted octanol–water partition coefficient (Wildman–Crippen LogP) is 4.39. The smallest absolute Gasteiger partial charge is 0.414 e. The first-order valence-electron chi connectivity index (χ1n) is 9.02. The number of nitrogens with zero attached hydrogens (tertiary/aromatic N) is 1. The summed E-state index contributed by atoms with van der Waals surface area (Å²) in [7, 11) is 2.93. The quantitative estimate of drug-likeness (QED) is 0.698. The molecule has 1 aliphatic heterocycles. The summed E-state index contributed by atoms with van der Waals surface area (Å²) in [6, 6.07) is 6.58. The Balaban J connectivity index is 2.25. The van der Waals surface area contributed by atoms with Crippen molar-refractivity contribution in [2.75, 3.05) is 27.4 Å². The average Bonchev–Trinajstić information content (AvgIpc) is 2.70. The van der Waals surface area contributed by atoms with Gasteiger partial charge in [-0.05, 0) is 49.2 Å². The third-order valence-electron chi connectivity index (χ3n) is 4.66. The fourth-order valence-electron chi connectivity index (χ4n) is 3.32. The minimum absolute atomic E-state index is 0.0220. The summed E-state index contributed by atoms with van der Waals surface area (Å²) in [6.07, 6.45) is 1.68. The van der Waals surface area contributed by atoms with Crippen LogP contribution in [-0.4, -0.2) is 48.6 Å². The lowest BCUT2D eigenvalue weighted by atomic mass is 9.93. The van der Waals surface area contributed by atoms with Gasteiger partial charge in [-0.15, -0.1) is 0 Å². The van der Waals surface area contributed by atoms with Crippen LogP contribution in [0.3, 0.4) is 0 Å². The van der Waals surface area contributed by atoms with Crippen molar-refractivity contribution in [3.63, 3.8) is 0 Å². The van der Waals surface area contributed by atoms with Crippen molar-refractivity contribution >= 4 is 33.8 Å². The Bertz CT molecular complexity index is 972. The number of amides is 1. The molecule has 154 valence electrons. The van der Waals surface area contributed by atoms with Gasteiger partial charge in [0.25, 0.3) is 0 Å². The van der Waals surface area contributed by atoms with Crippen LogP contribution in [0, 0.1) is 0 Å². The van der Waals surface area contributed by atoms with Gasteiger partial charge in [0.15, 0.2) is 11.5 Å². The minimum atomic E-state index is -0.491. The Morgan fingerprint density at radius 1 is 1.24 bits per heavy atom. The maximum atomic E-state index is 12.6. The highest BCUT2D eigenvalue weighted by atomic mass is 79.9. The number of ether oxygens (including phenoxy) is 3. The Kier molecular flexibility index (Phi) is 6.22. The van der Waals surface area contributed by atoms with Crippen molar-refractivity contribution in [2.45, 2.75) is 13.3 Å². The van der Waals surface area contributed by atoms with E-state index in [-0.39, 0.29) is 23.9 Å². The van der Waals surface area contributed by atoms with E-state index in [1.54, 1.807) is 37.3 Å². The zero-order chi connectivity index (χ0) is 21.1. The van der Waals surface area contributed by atoms with Crippen molar-refractivity contribution in [3.05, 3.63) is 45.4 Å². The van der Waals surface area contributed by atoms with Crippen LogP contribution in [0.1, 0.15) is 23.6 Å². The topological polar surface area (TPSA) is 88.5 Å². The second-order valence-electron chi connectivity index (χ2n) is 6.32. The fraction of sp³-hybridized carbons (Fsp3) is 0.286. The molecule has 2 N–H and O–H groups in total. The van der Waals surface area contributed by atoms with Crippen LogP contribution in [0.15, 0.2) is 28.7 Å². The summed E-state index contributed by atoms with van der Waals surface area (Å²) in [4.78, 5) is 14.1. The fourth-order valence-corrected chi connectivity index (χ4v) is 3.68. The monoisotopic (exact) mass is 463 g/mol. The van der Waals surface area contributed by atoms with E-state index in [0.29, 0.717) is 41.1 Å². The summed E-state index contributed by atoms with van der Waals surface area (Å²) in [6.45, 7) is 2.30. The molecule has 0 bridgehead atoms. The Morgan fingerprint density at radius 3 is 2.66 bits per heavy atom. The Morgan fingerprint density at radius 2 is 2.00 bits per heavy atom. The number of phenols is 2. The summed E-state index contributed by atoms with van der Waals surface area (Å²) >= 11 is 3.47. The number of hydrogen-bond acceptors (Lipinski definition) is 6. The third kappa shape index (κ3) is 3.98. The number of rotatable bonds is 4. The van der Waals surface area contributed by atoms with Crippen molar-refractivity contribution in [2.24, 2.45) is 0 Å². The minimum Gasteiger partial charge on any atom is -0.508 e. The molecule has 0 spiro atoms. The summed E-state index contributed by atoms with van der Waals surface area (Å²) < 4.78 is 16.6. The molecule has 0 unspecified atom stereocenters. The molecule has 0 fully saturated rings. The van der Waals surface area contributed by atoms with Gasteiger partial charge in [0.1, 0.15) is 5.75 Å². The molecule has 8 heteroatoms. The van der Waals surface area contributed by atoms with Crippen LogP contribution in [0.2, 0.25) is 0 Å². The highest BCUT2D eigenvalue weighted by Gasteiger charge is 2.31. The van der Waals surface area contributed by atoms with Crippen LogP contribution in [0.25, 0.3) is 11.8 Å². The molecule has 0 atom stereocenters. The van der Waals surface area contributed by atoms with Gasteiger partial charge in [-0.1, -0.05) is 15.9 Å². The van der Waals surface area contributed by atoms with Crippen LogP contribution < -0.4 is 9.47 Å². The first-order chi connectivity index (χ1) is 13.9. The van der Waals surface area contributed by atoms with Crippen molar-refractivity contribution in [1.82, 2.24) is 4.90 Å². The van der Waals surface area contributed by atoms with E-state index >= 15 is 0 Å². The lowest BCUT2D eigenvalue weighted by Gasteiger charge is -2.32. The number of halogens is 1. The molecule has 0 radical (unpaired) electrons. The number of benzene rings is 2. The SMILES string of the molecule is CCOC(=O)N1CCc2c(cc(OC)c(OC)c2O)/C1=C/c1cc(O)ccc1Br. The number of methoxy groups -OCH3 is 2. The molecule has 2 aromatic rings. The molecule has 1 amide bonds. The zero-order valence-electron chi connectivity index (χ0n) is 16.4. The molecule has 0 aliphatic carbocycles. The summed E-state index contributed by atoms with van der Waals surface area (Å²) in [5.74, 6) is 0.657. The molecule has 7 nitrogen and oxygen atoms in total. The molecule has 2 aromatic carbocycles. The number of hydrogen-bond donors (Lipinski definition) is 2. The van der Waals surface area contributed by atoms with E-state index in [1.165, 1.54) is 19.1 Å². The van der Waals surface area contributed by atoms with E-state index in [0.717, 1.165) is 4.47 Å². The number of fused-ring (bicyclic) bond motifs is 1. The van der Waals surface area contributed by atoms with E-state index in [4.69, 9.17) is 14.2 Å². The molecule has 0 saturated heterocycles. The van der Waals surface area contributed by atoms with E-state index in [1.807, 2.05) is 0 Å². The number of carbonyl (C=O) groups is 1. The molecular weight excluding hydrogens is 442 g/mol. The maximum Gasteiger partial charge on any atom is 0.414 e. The molecule has 1 aliphatic rings. The van der Waals surface area contributed by atoms with Gasteiger partial charge in [0, 0.05) is 22.1 Å². The largest absolute Gasteiger partial charge is 0.508 e. The first-order valence-corrected chi connectivity index (χ1v) is 9.82. The van der Waals surface area contributed by atoms with Crippen LogP contribution >= 0.6 is 15.9 Å². The number of aromatic hydroxyl groups is 2. The van der Waals surface area contributed by atoms with E-state index in [9.17, 15) is 15.0 Å². The van der Waals surface area contributed by atoms with Gasteiger partial charge in [0.05, 0.1) is 26.5 Å². The summed E-state index contributed by atoms with van der Waals surface area (Å²) in [5, 5.41) is 20.6. The van der Waals surface area contributed by atoms with Crippen molar-refractivity contribution in [3.8, 4) is 23.0 Å².